The quantitative estimate of drug-likeness (QED) is 0.462. The number of para-hydroxylation sites is 1. The molecule has 0 saturated carbocycles. The van der Waals surface area contributed by atoms with E-state index in [1.54, 1.807) is 7.11 Å². The second-order valence-corrected chi connectivity index (χ2v) is 7.70. The molecule has 4 aromatic rings. The van der Waals surface area contributed by atoms with Crippen LogP contribution in [0.25, 0.3) is 5.65 Å². The lowest BCUT2D eigenvalue weighted by atomic mass is 9.91. The van der Waals surface area contributed by atoms with Crippen LogP contribution in [-0.2, 0) is 11.2 Å². The predicted molar refractivity (Wildman–Crippen MR) is 123 cm³/mol. The molecule has 31 heavy (non-hydrogen) atoms. The Bertz CT molecular complexity index is 1170. The number of carbonyl (C=O) groups excluding carboxylic acids is 1. The van der Waals surface area contributed by atoms with Crippen LogP contribution in [0.3, 0.4) is 0 Å². The van der Waals surface area contributed by atoms with Crippen LogP contribution in [0.4, 0.5) is 0 Å². The van der Waals surface area contributed by atoms with Crippen molar-refractivity contribution < 1.29 is 9.53 Å². The third kappa shape index (κ3) is 4.77. The summed E-state index contributed by atoms with van der Waals surface area (Å²) in [5.74, 6) is 0.603. The van der Waals surface area contributed by atoms with Gasteiger partial charge in [0.25, 0.3) is 0 Å². The fourth-order valence-electron chi connectivity index (χ4n) is 3.94. The van der Waals surface area contributed by atoms with Crippen molar-refractivity contribution in [2.24, 2.45) is 0 Å². The minimum Gasteiger partial charge on any atom is -0.496 e. The van der Waals surface area contributed by atoms with Crippen LogP contribution in [0, 0.1) is 6.92 Å². The lowest BCUT2D eigenvalue weighted by Gasteiger charge is -2.20. The smallest absolute Gasteiger partial charge is 0.221 e. The molecular weight excluding hydrogens is 386 g/mol. The van der Waals surface area contributed by atoms with Gasteiger partial charge in [-0.2, -0.15) is 0 Å². The van der Waals surface area contributed by atoms with Crippen LogP contribution < -0.4 is 10.1 Å². The molecule has 1 N–H and O–H groups in total. The Morgan fingerprint density at radius 1 is 1.10 bits per heavy atom. The third-order valence-electron chi connectivity index (χ3n) is 5.54. The number of amides is 1. The van der Waals surface area contributed by atoms with Crippen LogP contribution in [0.2, 0.25) is 0 Å². The minimum absolute atomic E-state index is 0.00824. The first-order valence-corrected chi connectivity index (χ1v) is 10.5. The molecule has 0 radical (unpaired) electrons. The summed E-state index contributed by atoms with van der Waals surface area (Å²) in [4.78, 5) is 17.5. The van der Waals surface area contributed by atoms with Gasteiger partial charge in [0.05, 0.1) is 12.8 Å². The summed E-state index contributed by atoms with van der Waals surface area (Å²) in [6.45, 7) is 2.65. The average Bonchev–Trinajstić information content (AvgIpc) is 3.21. The third-order valence-corrected chi connectivity index (χ3v) is 5.54. The van der Waals surface area contributed by atoms with E-state index in [0.29, 0.717) is 13.0 Å². The minimum atomic E-state index is -0.175. The summed E-state index contributed by atoms with van der Waals surface area (Å²) in [5.41, 5.74) is 5.18. The van der Waals surface area contributed by atoms with Gasteiger partial charge >= 0.3 is 0 Å². The van der Waals surface area contributed by atoms with Crippen LogP contribution in [0.15, 0.2) is 79.1 Å². The van der Waals surface area contributed by atoms with Crippen molar-refractivity contribution in [3.63, 3.8) is 0 Å². The van der Waals surface area contributed by atoms with E-state index in [-0.39, 0.29) is 11.8 Å². The molecule has 1 atom stereocenters. The molecule has 4 rings (SSSR count). The number of aryl methyl sites for hydroxylation is 1. The monoisotopic (exact) mass is 413 g/mol. The number of carbonyl (C=O) groups is 1. The second kappa shape index (κ2) is 9.47. The van der Waals surface area contributed by atoms with E-state index in [4.69, 9.17) is 4.74 Å². The van der Waals surface area contributed by atoms with Crippen molar-refractivity contribution in [3.05, 3.63) is 102 Å². The molecule has 2 heterocycles. The predicted octanol–water partition coefficient (Wildman–Crippen LogP) is 4.53. The van der Waals surface area contributed by atoms with E-state index in [1.807, 2.05) is 67.8 Å². The number of rotatable bonds is 8. The second-order valence-electron chi connectivity index (χ2n) is 7.70. The van der Waals surface area contributed by atoms with Gasteiger partial charge in [0.15, 0.2) is 0 Å². The van der Waals surface area contributed by atoms with E-state index in [2.05, 4.69) is 32.9 Å². The summed E-state index contributed by atoms with van der Waals surface area (Å²) < 4.78 is 7.67. The van der Waals surface area contributed by atoms with Gasteiger partial charge in [0.1, 0.15) is 11.4 Å². The highest BCUT2D eigenvalue weighted by atomic mass is 16.5. The Hall–Kier alpha value is -3.60. The van der Waals surface area contributed by atoms with Gasteiger partial charge in [0.2, 0.25) is 5.91 Å². The van der Waals surface area contributed by atoms with E-state index >= 15 is 0 Å². The maximum absolute atomic E-state index is 12.9. The van der Waals surface area contributed by atoms with Gasteiger partial charge in [-0.05, 0) is 42.7 Å². The van der Waals surface area contributed by atoms with E-state index in [1.165, 1.54) is 5.56 Å². The first-order valence-electron chi connectivity index (χ1n) is 10.5. The molecule has 1 amide bonds. The molecule has 0 bridgehead atoms. The number of benzene rings is 2. The van der Waals surface area contributed by atoms with Crippen LogP contribution in [0.5, 0.6) is 5.75 Å². The van der Waals surface area contributed by atoms with Crippen LogP contribution in [0.1, 0.15) is 34.7 Å². The van der Waals surface area contributed by atoms with Crippen molar-refractivity contribution in [1.29, 1.82) is 0 Å². The number of aromatic nitrogens is 2. The van der Waals surface area contributed by atoms with Gasteiger partial charge in [-0.25, -0.2) is 4.98 Å². The molecule has 5 heteroatoms. The van der Waals surface area contributed by atoms with E-state index < -0.39 is 0 Å². The zero-order valence-electron chi connectivity index (χ0n) is 17.9. The average molecular weight is 414 g/mol. The lowest BCUT2D eigenvalue weighted by Crippen LogP contribution is -2.27. The van der Waals surface area contributed by atoms with E-state index in [9.17, 15) is 4.79 Å². The number of nitrogens with one attached hydrogen (secondary N) is 1. The number of nitrogens with zero attached hydrogens (tertiary/aromatic N) is 2. The maximum Gasteiger partial charge on any atom is 0.221 e. The number of ether oxygens (including phenoxy) is 1. The van der Waals surface area contributed by atoms with Crippen molar-refractivity contribution in [2.45, 2.75) is 25.7 Å². The highest BCUT2D eigenvalue weighted by Gasteiger charge is 2.24. The summed E-state index contributed by atoms with van der Waals surface area (Å²) in [6.07, 6.45) is 5.00. The summed E-state index contributed by atoms with van der Waals surface area (Å²) in [7, 11) is 1.66. The molecule has 0 fully saturated rings. The Labute approximate surface area is 182 Å². The summed E-state index contributed by atoms with van der Waals surface area (Å²) >= 11 is 0. The first kappa shape index (κ1) is 20.7. The molecule has 2 aromatic carbocycles. The number of methoxy groups -OCH3 is 1. The SMILES string of the molecule is COc1ccccc1C(CC(=O)NCCc1ccccc1)c1cnc2cc(C)ccn12. The molecule has 158 valence electrons. The maximum atomic E-state index is 12.9. The zero-order valence-corrected chi connectivity index (χ0v) is 17.9. The Balaban J connectivity index is 1.59. The molecule has 0 spiro atoms. The Morgan fingerprint density at radius 3 is 2.68 bits per heavy atom. The fraction of sp³-hybridized carbons (Fsp3) is 0.231. The van der Waals surface area contributed by atoms with Gasteiger partial charge in [-0.15, -0.1) is 0 Å². The van der Waals surface area contributed by atoms with Crippen molar-refractivity contribution >= 4 is 11.6 Å². The topological polar surface area (TPSA) is 55.6 Å². The molecule has 0 saturated heterocycles. The molecule has 5 nitrogen and oxygen atoms in total. The zero-order chi connectivity index (χ0) is 21.6. The molecule has 2 aromatic heterocycles. The van der Waals surface area contributed by atoms with Crippen molar-refractivity contribution in [1.82, 2.24) is 14.7 Å². The Morgan fingerprint density at radius 2 is 1.87 bits per heavy atom. The molecule has 0 aliphatic rings. The van der Waals surface area contributed by atoms with Crippen LogP contribution >= 0.6 is 0 Å². The molecule has 0 aliphatic heterocycles. The molecule has 0 aliphatic carbocycles. The summed E-state index contributed by atoms with van der Waals surface area (Å²) in [6, 6.07) is 22.1. The highest BCUT2D eigenvalue weighted by molar-refractivity contribution is 5.77. The van der Waals surface area contributed by atoms with Gasteiger partial charge in [-0.1, -0.05) is 48.5 Å². The van der Waals surface area contributed by atoms with Crippen LogP contribution in [-0.4, -0.2) is 28.9 Å². The van der Waals surface area contributed by atoms with Gasteiger partial charge < -0.3 is 14.5 Å². The number of pyridine rings is 1. The Kier molecular flexibility index (Phi) is 6.32. The highest BCUT2D eigenvalue weighted by Crippen LogP contribution is 2.34. The number of hydrogen-bond acceptors (Lipinski definition) is 3. The van der Waals surface area contributed by atoms with E-state index in [0.717, 1.165) is 34.6 Å². The molecule has 1 unspecified atom stereocenters. The standard InChI is InChI=1S/C26H27N3O2/c1-19-13-15-29-23(18-28-25(29)16-19)22(21-10-6-7-11-24(21)31-2)17-26(30)27-14-12-20-8-4-3-5-9-20/h3-11,13,15-16,18,22H,12,14,17H2,1-2H3,(H,27,30). The van der Waals surface area contributed by atoms with Crippen molar-refractivity contribution in [2.75, 3.05) is 13.7 Å². The van der Waals surface area contributed by atoms with Gasteiger partial charge in [0, 0.05) is 36.8 Å². The molecular formula is C26H27N3O2. The van der Waals surface area contributed by atoms with Gasteiger partial charge in [-0.3, -0.25) is 4.79 Å². The fourth-order valence-corrected chi connectivity index (χ4v) is 3.94. The number of fused-ring (bicyclic) bond motifs is 1. The van der Waals surface area contributed by atoms with Crippen molar-refractivity contribution in [3.8, 4) is 5.75 Å². The lowest BCUT2D eigenvalue weighted by molar-refractivity contribution is -0.121. The summed E-state index contributed by atoms with van der Waals surface area (Å²) in [5, 5.41) is 3.08. The first-order chi connectivity index (χ1) is 15.2. The number of imidazole rings is 1. The number of hydrogen-bond donors (Lipinski definition) is 1. The normalized spacial score (nSPS) is 11.9. The largest absolute Gasteiger partial charge is 0.496 e.